The summed E-state index contributed by atoms with van der Waals surface area (Å²) in [6, 6.07) is 18.4. The molecule has 258 valence electrons. The third-order valence-corrected chi connectivity index (χ3v) is 10.3. The van der Waals surface area contributed by atoms with E-state index in [4.69, 9.17) is 4.74 Å². The fraction of sp³-hybridized carbons (Fsp3) is 0.410. The third-order valence-electron chi connectivity index (χ3n) is 10.3. The van der Waals surface area contributed by atoms with Gasteiger partial charge >= 0.3 is 12.2 Å². The minimum atomic E-state index is -1.16. The molecule has 10 nitrogen and oxygen atoms in total. The summed E-state index contributed by atoms with van der Waals surface area (Å²) in [6.07, 6.45) is 0.759. The van der Waals surface area contributed by atoms with E-state index >= 15 is 0 Å². The maximum Gasteiger partial charge on any atom is 0.408 e. The minimum absolute atomic E-state index is 0.00153. The number of carbonyl (C=O) groups excluding carboxylic acids is 1. The first-order valence-corrected chi connectivity index (χ1v) is 17.1. The number of amides is 3. The Bertz CT molecular complexity index is 1760. The average molecular weight is 668 g/mol. The summed E-state index contributed by atoms with van der Waals surface area (Å²) < 4.78 is 6.20. The first-order chi connectivity index (χ1) is 23.6. The number of piperazine rings is 1. The van der Waals surface area contributed by atoms with Crippen molar-refractivity contribution in [3.63, 3.8) is 0 Å². The Morgan fingerprint density at radius 1 is 0.857 bits per heavy atom. The molecule has 2 aliphatic heterocycles. The molecule has 2 heterocycles. The summed E-state index contributed by atoms with van der Waals surface area (Å²) in [4.78, 5) is 44.0. The minimum Gasteiger partial charge on any atom is -0.493 e. The largest absolute Gasteiger partial charge is 0.493 e. The Balaban J connectivity index is 1.34. The van der Waals surface area contributed by atoms with Gasteiger partial charge in [0.1, 0.15) is 5.75 Å². The lowest BCUT2D eigenvalue weighted by Crippen LogP contribution is -2.65. The number of rotatable bonds is 11. The lowest BCUT2D eigenvalue weighted by molar-refractivity contribution is -0.129. The van der Waals surface area contributed by atoms with Gasteiger partial charge in [-0.2, -0.15) is 0 Å². The fourth-order valence-electron chi connectivity index (χ4n) is 7.36. The molecule has 2 fully saturated rings. The summed E-state index contributed by atoms with van der Waals surface area (Å²) in [6.45, 7) is 6.92. The number of hydrogen-bond acceptors (Lipinski definition) is 5. The summed E-state index contributed by atoms with van der Waals surface area (Å²) in [5.41, 5.74) is 8.32. The molecule has 0 spiro atoms. The summed E-state index contributed by atoms with van der Waals surface area (Å²) in [5, 5.41) is 30.0. The van der Waals surface area contributed by atoms with Crippen LogP contribution in [0.3, 0.4) is 0 Å². The fourth-order valence-corrected chi connectivity index (χ4v) is 7.36. The van der Waals surface area contributed by atoms with Gasteiger partial charge in [0.2, 0.25) is 0 Å². The Kier molecular flexibility index (Phi) is 9.96. The van der Waals surface area contributed by atoms with Crippen LogP contribution < -0.4 is 4.74 Å². The Morgan fingerprint density at radius 2 is 1.55 bits per heavy atom. The van der Waals surface area contributed by atoms with Crippen LogP contribution in [0.4, 0.5) is 9.59 Å². The molecule has 1 saturated carbocycles. The van der Waals surface area contributed by atoms with Crippen molar-refractivity contribution in [2.75, 3.05) is 26.3 Å². The summed E-state index contributed by atoms with van der Waals surface area (Å²) >= 11 is 0. The Morgan fingerprint density at radius 3 is 2.20 bits per heavy atom. The number of carboxylic acid groups (broad SMARTS) is 2. The zero-order valence-corrected chi connectivity index (χ0v) is 28.4. The third kappa shape index (κ3) is 7.15. The predicted octanol–water partition coefficient (Wildman–Crippen LogP) is 5.83. The standard InChI is InChI=1S/C39H45N3O7/c1-24-8-9-25(2)36(26(24)3)49-19-17-27-10-12-29(13-11-27)33-20-32-22-40(38(45)46)23-34(42(32)39(47)48)35(33)37(44)41(31-14-15-31)21-30-7-5-4-6-28(30)16-18-43/h4-13,31-32,34,43H,14-23H2,1-3H3,(H,45,46)(H,47,48)/t32-,34-/m1/s1. The molecular formula is C39H45N3O7. The molecule has 1 saturated heterocycles. The lowest BCUT2D eigenvalue weighted by Gasteiger charge is -2.49. The first-order valence-electron chi connectivity index (χ1n) is 17.1. The van der Waals surface area contributed by atoms with Crippen molar-refractivity contribution in [3.05, 3.63) is 105 Å². The molecule has 49 heavy (non-hydrogen) atoms. The molecule has 3 aromatic carbocycles. The van der Waals surface area contributed by atoms with Crippen LogP contribution in [-0.4, -0.2) is 92.5 Å². The molecule has 3 aliphatic rings. The highest BCUT2D eigenvalue weighted by atomic mass is 16.5. The topological polar surface area (TPSA) is 131 Å². The van der Waals surface area contributed by atoms with Crippen molar-refractivity contribution in [2.24, 2.45) is 0 Å². The first kappa shape index (κ1) is 34.0. The molecule has 6 rings (SSSR count). The zero-order chi connectivity index (χ0) is 34.8. The van der Waals surface area contributed by atoms with Gasteiger partial charge in [-0.15, -0.1) is 0 Å². The van der Waals surface area contributed by atoms with Crippen LogP contribution in [0.15, 0.2) is 66.2 Å². The number of carbonyl (C=O) groups is 3. The van der Waals surface area contributed by atoms with Crippen LogP contribution in [0.25, 0.3) is 5.57 Å². The molecule has 3 amide bonds. The van der Waals surface area contributed by atoms with E-state index in [2.05, 4.69) is 26.0 Å². The SMILES string of the molecule is Cc1ccc(C)c(OCCc2ccc(C3=C(C(=O)N(Cc4ccccc4CCO)C4CC4)[C@H]4CN(C(=O)O)C[C@@H](C3)N4C(=O)O)cc2)c1C. The second-order valence-electron chi connectivity index (χ2n) is 13.5. The van der Waals surface area contributed by atoms with E-state index in [9.17, 15) is 29.7 Å². The summed E-state index contributed by atoms with van der Waals surface area (Å²) in [5.74, 6) is 0.649. The van der Waals surface area contributed by atoms with E-state index < -0.39 is 24.3 Å². The smallest absolute Gasteiger partial charge is 0.408 e. The maximum atomic E-state index is 14.8. The van der Waals surface area contributed by atoms with Crippen LogP contribution in [-0.2, 0) is 24.2 Å². The van der Waals surface area contributed by atoms with E-state index in [-0.39, 0.29) is 38.1 Å². The highest BCUT2D eigenvalue weighted by molar-refractivity contribution is 6.04. The van der Waals surface area contributed by atoms with Crippen molar-refractivity contribution in [1.29, 1.82) is 0 Å². The van der Waals surface area contributed by atoms with Gasteiger partial charge in [0.15, 0.2) is 0 Å². The van der Waals surface area contributed by atoms with Crippen LogP contribution in [0.2, 0.25) is 0 Å². The van der Waals surface area contributed by atoms with E-state index in [0.717, 1.165) is 57.5 Å². The monoisotopic (exact) mass is 667 g/mol. The molecule has 1 aliphatic carbocycles. The van der Waals surface area contributed by atoms with Gasteiger partial charge < -0.3 is 29.9 Å². The Labute approximate surface area is 287 Å². The molecule has 2 atom stereocenters. The molecular weight excluding hydrogens is 622 g/mol. The van der Waals surface area contributed by atoms with Crippen molar-refractivity contribution >= 4 is 23.7 Å². The van der Waals surface area contributed by atoms with Gasteiger partial charge in [-0.25, -0.2) is 9.59 Å². The number of ether oxygens (including phenoxy) is 1. The van der Waals surface area contributed by atoms with Crippen molar-refractivity contribution in [1.82, 2.24) is 14.7 Å². The number of nitrogens with zero attached hydrogens (tertiary/aromatic N) is 3. The number of benzene rings is 3. The van der Waals surface area contributed by atoms with Crippen LogP contribution in [0.5, 0.6) is 5.75 Å². The van der Waals surface area contributed by atoms with Crippen molar-refractivity contribution in [3.8, 4) is 5.75 Å². The van der Waals surface area contributed by atoms with Crippen molar-refractivity contribution in [2.45, 2.75) is 77.5 Å². The molecule has 10 heteroatoms. The number of fused-ring (bicyclic) bond motifs is 2. The predicted molar refractivity (Wildman–Crippen MR) is 186 cm³/mol. The molecule has 3 aromatic rings. The highest BCUT2D eigenvalue weighted by Crippen LogP contribution is 2.41. The number of hydrogen-bond donors (Lipinski definition) is 3. The van der Waals surface area contributed by atoms with Crippen LogP contribution in [0.1, 0.15) is 58.2 Å². The van der Waals surface area contributed by atoms with E-state index in [1.165, 1.54) is 15.4 Å². The van der Waals surface area contributed by atoms with Crippen molar-refractivity contribution < 1.29 is 34.4 Å². The Hall–Kier alpha value is -4.83. The van der Waals surface area contributed by atoms with E-state index in [1.54, 1.807) is 0 Å². The number of aryl methyl sites for hydroxylation is 2. The molecule has 0 unspecified atom stereocenters. The van der Waals surface area contributed by atoms with Gasteiger partial charge in [0.25, 0.3) is 5.91 Å². The van der Waals surface area contributed by atoms with Gasteiger partial charge in [0, 0.05) is 44.3 Å². The lowest BCUT2D eigenvalue weighted by atomic mass is 9.81. The summed E-state index contributed by atoms with van der Waals surface area (Å²) in [7, 11) is 0. The second kappa shape index (κ2) is 14.3. The normalized spacial score (nSPS) is 18.8. The van der Waals surface area contributed by atoms with Gasteiger partial charge in [-0.05, 0) is 91.0 Å². The maximum absolute atomic E-state index is 14.8. The van der Waals surface area contributed by atoms with Gasteiger partial charge in [-0.1, -0.05) is 60.7 Å². The van der Waals surface area contributed by atoms with E-state index in [1.807, 2.05) is 60.4 Å². The molecule has 0 aromatic heterocycles. The quantitative estimate of drug-likeness (QED) is 0.235. The number of aliphatic hydroxyl groups excluding tert-OH is 1. The average Bonchev–Trinajstić information content (AvgIpc) is 3.92. The molecule has 3 N–H and O–H groups in total. The van der Waals surface area contributed by atoms with Gasteiger partial charge in [0.05, 0.1) is 18.7 Å². The zero-order valence-electron chi connectivity index (χ0n) is 28.4. The van der Waals surface area contributed by atoms with Gasteiger partial charge in [-0.3, -0.25) is 9.69 Å². The highest BCUT2D eigenvalue weighted by Gasteiger charge is 2.49. The molecule has 2 bridgehead atoms. The molecule has 0 radical (unpaired) electrons. The van der Waals surface area contributed by atoms with Crippen LogP contribution >= 0.6 is 0 Å². The number of aliphatic hydroxyl groups is 1. The van der Waals surface area contributed by atoms with E-state index in [0.29, 0.717) is 31.6 Å². The second-order valence-corrected chi connectivity index (χ2v) is 13.5. The van der Waals surface area contributed by atoms with Crippen LogP contribution in [0, 0.1) is 20.8 Å².